The number of halogens is 2. The molecule has 0 spiro atoms. The third kappa shape index (κ3) is 6.11. The van der Waals surface area contributed by atoms with Gasteiger partial charge in [-0.1, -0.05) is 59.1 Å². The molecular formula is C25H20Cl2N2O2. The zero-order chi connectivity index (χ0) is 22.4. The molecule has 0 fully saturated rings. The van der Waals surface area contributed by atoms with Gasteiger partial charge in [-0.2, -0.15) is 5.26 Å². The zero-order valence-corrected chi connectivity index (χ0v) is 18.6. The monoisotopic (exact) mass is 450 g/mol. The van der Waals surface area contributed by atoms with Crippen LogP contribution in [0.1, 0.15) is 22.3 Å². The first-order chi connectivity index (χ1) is 14.9. The Morgan fingerprint density at radius 3 is 2.58 bits per heavy atom. The fourth-order valence-electron chi connectivity index (χ4n) is 2.97. The summed E-state index contributed by atoms with van der Waals surface area (Å²) in [5.41, 5.74) is 4.20. The summed E-state index contributed by atoms with van der Waals surface area (Å²) in [7, 11) is 0. The summed E-state index contributed by atoms with van der Waals surface area (Å²) in [4.78, 5) is 12.6. The second kappa shape index (κ2) is 10.2. The van der Waals surface area contributed by atoms with Crippen LogP contribution in [0.25, 0.3) is 6.08 Å². The normalized spacial score (nSPS) is 11.0. The lowest BCUT2D eigenvalue weighted by molar-refractivity contribution is -0.112. The van der Waals surface area contributed by atoms with Crippen molar-refractivity contribution in [2.24, 2.45) is 0 Å². The minimum absolute atomic E-state index is 0.0244. The van der Waals surface area contributed by atoms with Crippen LogP contribution in [-0.2, 0) is 11.4 Å². The minimum Gasteiger partial charge on any atom is -0.487 e. The highest BCUT2D eigenvalue weighted by Gasteiger charge is 2.12. The van der Waals surface area contributed by atoms with Crippen LogP contribution < -0.4 is 10.1 Å². The number of rotatable bonds is 6. The van der Waals surface area contributed by atoms with Crippen LogP contribution in [0.5, 0.6) is 5.75 Å². The van der Waals surface area contributed by atoms with Crippen molar-refractivity contribution < 1.29 is 9.53 Å². The van der Waals surface area contributed by atoms with Crippen LogP contribution >= 0.6 is 23.2 Å². The minimum atomic E-state index is -0.480. The standard InChI is InChI=1S/C25H20Cl2N2O2/c1-16-6-8-23(17(2)10-16)29-25(30)20(14-28)11-18-7-9-24(22(27)13-18)31-15-19-4-3-5-21(26)12-19/h3-13H,15H2,1-2H3,(H,29,30)/b20-11+. The second-order valence-electron chi connectivity index (χ2n) is 7.05. The average molecular weight is 451 g/mol. The Kier molecular flexibility index (Phi) is 7.36. The molecule has 156 valence electrons. The fraction of sp³-hybridized carbons (Fsp3) is 0.120. The Labute approximate surface area is 191 Å². The summed E-state index contributed by atoms with van der Waals surface area (Å²) in [5.74, 6) is 0.0175. The lowest BCUT2D eigenvalue weighted by Gasteiger charge is -2.10. The van der Waals surface area contributed by atoms with Gasteiger partial charge in [-0.3, -0.25) is 4.79 Å². The number of nitrogens with zero attached hydrogens (tertiary/aromatic N) is 1. The SMILES string of the molecule is Cc1ccc(NC(=O)/C(C#N)=C/c2ccc(OCc3cccc(Cl)c3)c(Cl)c2)c(C)c1. The first-order valence-electron chi connectivity index (χ1n) is 9.53. The third-order valence-corrected chi connectivity index (χ3v) is 5.08. The van der Waals surface area contributed by atoms with Gasteiger partial charge in [-0.15, -0.1) is 0 Å². The molecule has 6 heteroatoms. The Bertz CT molecular complexity index is 1200. The van der Waals surface area contributed by atoms with Gasteiger partial charge in [0.1, 0.15) is 24.0 Å². The zero-order valence-electron chi connectivity index (χ0n) is 17.1. The number of ether oxygens (including phenoxy) is 1. The highest BCUT2D eigenvalue weighted by Crippen LogP contribution is 2.28. The number of hydrogen-bond donors (Lipinski definition) is 1. The second-order valence-corrected chi connectivity index (χ2v) is 7.89. The lowest BCUT2D eigenvalue weighted by Crippen LogP contribution is -2.14. The van der Waals surface area contributed by atoms with Gasteiger partial charge in [0.05, 0.1) is 5.02 Å². The Hall–Kier alpha value is -3.26. The van der Waals surface area contributed by atoms with Gasteiger partial charge in [-0.05, 0) is 66.9 Å². The van der Waals surface area contributed by atoms with Crippen LogP contribution in [-0.4, -0.2) is 5.91 Å². The van der Waals surface area contributed by atoms with E-state index in [1.165, 1.54) is 6.08 Å². The molecule has 4 nitrogen and oxygen atoms in total. The largest absolute Gasteiger partial charge is 0.487 e. The lowest BCUT2D eigenvalue weighted by atomic mass is 10.1. The topological polar surface area (TPSA) is 62.1 Å². The molecule has 3 rings (SSSR count). The third-order valence-electron chi connectivity index (χ3n) is 4.55. The molecule has 0 saturated heterocycles. The molecule has 0 radical (unpaired) electrons. The van der Waals surface area contributed by atoms with Gasteiger partial charge in [0.25, 0.3) is 5.91 Å². The molecule has 0 aliphatic carbocycles. The smallest absolute Gasteiger partial charge is 0.266 e. The summed E-state index contributed by atoms with van der Waals surface area (Å²) in [6.45, 7) is 4.20. The molecule has 0 aliphatic rings. The molecule has 0 bridgehead atoms. The number of amides is 1. The van der Waals surface area contributed by atoms with Gasteiger partial charge >= 0.3 is 0 Å². The van der Waals surface area contributed by atoms with E-state index in [1.807, 2.05) is 56.3 Å². The van der Waals surface area contributed by atoms with Crippen molar-refractivity contribution in [1.29, 1.82) is 5.26 Å². The van der Waals surface area contributed by atoms with E-state index in [1.54, 1.807) is 24.3 Å². The van der Waals surface area contributed by atoms with Crippen molar-refractivity contribution >= 4 is 40.9 Å². The van der Waals surface area contributed by atoms with Crippen molar-refractivity contribution in [3.8, 4) is 11.8 Å². The Morgan fingerprint density at radius 2 is 1.90 bits per heavy atom. The van der Waals surface area contributed by atoms with Crippen molar-refractivity contribution in [3.63, 3.8) is 0 Å². The number of carbonyl (C=O) groups excluding carboxylic acids is 1. The molecular weight excluding hydrogens is 431 g/mol. The highest BCUT2D eigenvalue weighted by molar-refractivity contribution is 6.32. The van der Waals surface area contributed by atoms with E-state index in [0.29, 0.717) is 33.7 Å². The van der Waals surface area contributed by atoms with Crippen molar-refractivity contribution in [2.75, 3.05) is 5.32 Å². The number of hydrogen-bond acceptors (Lipinski definition) is 3. The van der Waals surface area contributed by atoms with E-state index in [9.17, 15) is 10.1 Å². The summed E-state index contributed by atoms with van der Waals surface area (Å²) in [6, 6.07) is 20.1. The summed E-state index contributed by atoms with van der Waals surface area (Å²) >= 11 is 12.3. The van der Waals surface area contributed by atoms with Crippen LogP contribution in [0.2, 0.25) is 10.0 Å². The summed E-state index contributed by atoms with van der Waals surface area (Å²) in [5, 5.41) is 13.3. The fourth-order valence-corrected chi connectivity index (χ4v) is 3.43. The molecule has 0 saturated carbocycles. The number of aryl methyl sites for hydroxylation is 2. The molecule has 3 aromatic carbocycles. The van der Waals surface area contributed by atoms with E-state index in [0.717, 1.165) is 16.7 Å². The van der Waals surface area contributed by atoms with Crippen LogP contribution in [0.3, 0.4) is 0 Å². The average Bonchev–Trinajstić information content (AvgIpc) is 2.73. The van der Waals surface area contributed by atoms with Crippen LogP contribution in [0.4, 0.5) is 5.69 Å². The van der Waals surface area contributed by atoms with Gasteiger partial charge in [0, 0.05) is 10.7 Å². The number of anilines is 1. The van der Waals surface area contributed by atoms with Crippen molar-refractivity contribution in [3.05, 3.63) is 98.5 Å². The van der Waals surface area contributed by atoms with Gasteiger partial charge in [0.15, 0.2) is 0 Å². The molecule has 0 aliphatic heterocycles. The number of nitriles is 1. The maximum absolute atomic E-state index is 12.6. The van der Waals surface area contributed by atoms with Crippen molar-refractivity contribution in [1.82, 2.24) is 0 Å². The predicted molar refractivity (Wildman–Crippen MR) is 125 cm³/mol. The van der Waals surface area contributed by atoms with Gasteiger partial charge in [0.2, 0.25) is 0 Å². The molecule has 31 heavy (non-hydrogen) atoms. The molecule has 1 amide bonds. The summed E-state index contributed by atoms with van der Waals surface area (Å²) in [6.07, 6.45) is 1.49. The first kappa shape index (κ1) is 22.4. The molecule has 0 atom stereocenters. The quantitative estimate of drug-likeness (QED) is 0.334. The van der Waals surface area contributed by atoms with E-state index < -0.39 is 5.91 Å². The van der Waals surface area contributed by atoms with Gasteiger partial charge < -0.3 is 10.1 Å². The first-order valence-corrected chi connectivity index (χ1v) is 10.3. The van der Waals surface area contributed by atoms with E-state index in [-0.39, 0.29) is 5.57 Å². The van der Waals surface area contributed by atoms with Gasteiger partial charge in [-0.25, -0.2) is 0 Å². The van der Waals surface area contributed by atoms with Crippen LogP contribution in [0, 0.1) is 25.2 Å². The maximum atomic E-state index is 12.6. The number of benzene rings is 3. The number of nitrogens with one attached hydrogen (secondary N) is 1. The van der Waals surface area contributed by atoms with E-state index >= 15 is 0 Å². The Morgan fingerprint density at radius 1 is 1.10 bits per heavy atom. The predicted octanol–water partition coefficient (Wildman–Crippen LogP) is 6.73. The Balaban J connectivity index is 1.72. The van der Waals surface area contributed by atoms with E-state index in [2.05, 4.69) is 5.32 Å². The molecule has 1 N–H and O–H groups in total. The van der Waals surface area contributed by atoms with E-state index in [4.69, 9.17) is 27.9 Å². The molecule has 0 heterocycles. The number of carbonyl (C=O) groups is 1. The summed E-state index contributed by atoms with van der Waals surface area (Å²) < 4.78 is 5.76. The van der Waals surface area contributed by atoms with Crippen LogP contribution in [0.15, 0.2) is 66.2 Å². The highest BCUT2D eigenvalue weighted by atomic mass is 35.5. The molecule has 0 aromatic heterocycles. The maximum Gasteiger partial charge on any atom is 0.266 e. The van der Waals surface area contributed by atoms with Crippen molar-refractivity contribution in [2.45, 2.75) is 20.5 Å². The molecule has 3 aromatic rings. The molecule has 0 unspecified atom stereocenters.